The Bertz CT molecular complexity index is 608. The van der Waals surface area contributed by atoms with Crippen LogP contribution in [0.25, 0.3) is 22.8 Å². The van der Waals surface area contributed by atoms with Crippen molar-refractivity contribution in [2.24, 2.45) is 0 Å². The van der Waals surface area contributed by atoms with E-state index >= 15 is 0 Å². The second kappa shape index (κ2) is 3.83. The molecule has 0 amide bonds. The maximum atomic E-state index is 11.7. The zero-order chi connectivity index (χ0) is 11.7. The molecule has 0 saturated carbocycles. The lowest BCUT2D eigenvalue weighted by molar-refractivity contribution is 1.24. The Morgan fingerprint density at radius 3 is 1.71 bits per heavy atom. The first-order valence-corrected chi connectivity index (χ1v) is 5.35. The maximum absolute atomic E-state index is 11.7. The van der Waals surface area contributed by atoms with Crippen LogP contribution in [0.15, 0.2) is 53.6 Å². The highest BCUT2D eigenvalue weighted by molar-refractivity contribution is 5.61. The van der Waals surface area contributed by atoms with Gasteiger partial charge in [0.15, 0.2) is 5.43 Å². The van der Waals surface area contributed by atoms with Gasteiger partial charge in [0.05, 0.1) is 22.8 Å². The lowest BCUT2D eigenvalue weighted by Crippen LogP contribution is -2.02. The third kappa shape index (κ3) is 1.80. The summed E-state index contributed by atoms with van der Waals surface area (Å²) in [7, 11) is 0. The van der Waals surface area contributed by atoms with Gasteiger partial charge in [-0.2, -0.15) is 0 Å². The highest BCUT2D eigenvalue weighted by Crippen LogP contribution is 2.17. The van der Waals surface area contributed by atoms with E-state index in [2.05, 4.69) is 15.0 Å². The third-order valence-electron chi connectivity index (χ3n) is 2.62. The topological polar surface area (TPSA) is 64.4 Å². The molecule has 3 rings (SSSR count). The molecule has 0 aliphatic heterocycles. The highest BCUT2D eigenvalue weighted by atomic mass is 16.1. The first-order valence-electron chi connectivity index (χ1n) is 5.35. The second-order valence-corrected chi connectivity index (χ2v) is 3.81. The van der Waals surface area contributed by atoms with Crippen molar-refractivity contribution >= 4 is 0 Å². The molecular weight excluding hydrogens is 214 g/mol. The number of aromatic amines is 3. The van der Waals surface area contributed by atoms with E-state index in [-0.39, 0.29) is 5.43 Å². The van der Waals surface area contributed by atoms with E-state index in [0.717, 1.165) is 22.8 Å². The summed E-state index contributed by atoms with van der Waals surface area (Å²) in [6, 6.07) is 10.8. The van der Waals surface area contributed by atoms with Crippen molar-refractivity contribution in [1.82, 2.24) is 15.0 Å². The molecule has 0 fully saturated rings. The average molecular weight is 225 g/mol. The van der Waals surface area contributed by atoms with Crippen LogP contribution in [-0.4, -0.2) is 15.0 Å². The molecule has 3 aromatic rings. The average Bonchev–Trinajstić information content (AvgIpc) is 3.02. The Balaban J connectivity index is 2.17. The predicted octanol–water partition coefficient (Wildman–Crippen LogP) is 2.37. The van der Waals surface area contributed by atoms with E-state index in [1.807, 2.05) is 36.7 Å². The van der Waals surface area contributed by atoms with Crippen molar-refractivity contribution in [1.29, 1.82) is 0 Å². The predicted molar refractivity (Wildman–Crippen MR) is 66.6 cm³/mol. The van der Waals surface area contributed by atoms with Crippen molar-refractivity contribution in [3.8, 4) is 22.8 Å². The zero-order valence-electron chi connectivity index (χ0n) is 9.03. The minimum absolute atomic E-state index is 0.0158. The number of hydrogen-bond acceptors (Lipinski definition) is 1. The van der Waals surface area contributed by atoms with E-state index < -0.39 is 0 Å². The van der Waals surface area contributed by atoms with Gasteiger partial charge in [-0.15, -0.1) is 0 Å². The van der Waals surface area contributed by atoms with Crippen molar-refractivity contribution in [3.63, 3.8) is 0 Å². The molecule has 0 aliphatic rings. The lowest BCUT2D eigenvalue weighted by Gasteiger charge is -2.03. The molecule has 0 bridgehead atoms. The quantitative estimate of drug-likeness (QED) is 0.616. The van der Waals surface area contributed by atoms with Crippen molar-refractivity contribution < 1.29 is 0 Å². The molecule has 4 heteroatoms. The van der Waals surface area contributed by atoms with Gasteiger partial charge in [0, 0.05) is 24.5 Å². The normalized spacial score (nSPS) is 10.6. The molecule has 3 N–H and O–H groups in total. The van der Waals surface area contributed by atoms with Gasteiger partial charge in [-0.3, -0.25) is 4.79 Å². The first kappa shape index (κ1) is 9.72. The number of H-pyrrole nitrogens is 3. The summed E-state index contributed by atoms with van der Waals surface area (Å²) in [4.78, 5) is 21.0. The van der Waals surface area contributed by atoms with E-state index in [1.54, 1.807) is 12.1 Å². The molecular formula is C13H11N3O. The molecule has 0 unspecified atom stereocenters. The van der Waals surface area contributed by atoms with E-state index in [9.17, 15) is 4.79 Å². The summed E-state index contributed by atoms with van der Waals surface area (Å²) >= 11 is 0. The molecule has 17 heavy (non-hydrogen) atoms. The fraction of sp³-hybridized carbons (Fsp3) is 0. The summed E-state index contributed by atoms with van der Waals surface area (Å²) in [5.41, 5.74) is 3.35. The van der Waals surface area contributed by atoms with Crippen LogP contribution >= 0.6 is 0 Å². The van der Waals surface area contributed by atoms with Crippen molar-refractivity contribution in [2.75, 3.05) is 0 Å². The second-order valence-electron chi connectivity index (χ2n) is 3.81. The molecule has 4 nitrogen and oxygen atoms in total. The van der Waals surface area contributed by atoms with Gasteiger partial charge < -0.3 is 15.0 Å². The highest BCUT2D eigenvalue weighted by Gasteiger charge is 2.04. The Hall–Kier alpha value is -2.49. The van der Waals surface area contributed by atoms with Gasteiger partial charge in [0.2, 0.25) is 0 Å². The Morgan fingerprint density at radius 2 is 1.29 bits per heavy atom. The van der Waals surface area contributed by atoms with Crippen molar-refractivity contribution in [2.45, 2.75) is 0 Å². The van der Waals surface area contributed by atoms with E-state index in [1.165, 1.54) is 0 Å². The van der Waals surface area contributed by atoms with Crippen LogP contribution in [-0.2, 0) is 0 Å². The molecule has 84 valence electrons. The fourth-order valence-electron chi connectivity index (χ4n) is 1.83. The molecule has 0 aliphatic carbocycles. The van der Waals surface area contributed by atoms with Crippen LogP contribution in [0.2, 0.25) is 0 Å². The van der Waals surface area contributed by atoms with Crippen LogP contribution in [0, 0.1) is 0 Å². The number of nitrogens with one attached hydrogen (secondary N) is 3. The smallest absolute Gasteiger partial charge is 0.182 e. The van der Waals surface area contributed by atoms with Crippen LogP contribution < -0.4 is 5.43 Å². The Kier molecular flexibility index (Phi) is 2.19. The minimum atomic E-state index is -0.0158. The van der Waals surface area contributed by atoms with Crippen LogP contribution in [0.3, 0.4) is 0 Å². The van der Waals surface area contributed by atoms with E-state index in [4.69, 9.17) is 0 Å². The van der Waals surface area contributed by atoms with Crippen LogP contribution in [0.1, 0.15) is 0 Å². The summed E-state index contributed by atoms with van der Waals surface area (Å²) in [5.74, 6) is 0. The fourth-order valence-corrected chi connectivity index (χ4v) is 1.83. The SMILES string of the molecule is O=c1cc(-c2ccc[nH]2)[nH]c(-c2ccc[nH]2)c1. The van der Waals surface area contributed by atoms with E-state index in [0.29, 0.717) is 0 Å². The van der Waals surface area contributed by atoms with Crippen LogP contribution in [0.4, 0.5) is 0 Å². The molecule has 3 heterocycles. The van der Waals surface area contributed by atoms with Gasteiger partial charge in [-0.05, 0) is 24.3 Å². The number of pyridine rings is 1. The summed E-state index contributed by atoms with van der Waals surface area (Å²) < 4.78 is 0. The molecule has 0 saturated heterocycles. The Labute approximate surface area is 97.3 Å². The first-order chi connectivity index (χ1) is 8.33. The van der Waals surface area contributed by atoms with Crippen molar-refractivity contribution in [3.05, 3.63) is 59.0 Å². The number of rotatable bonds is 2. The number of aromatic nitrogens is 3. The Morgan fingerprint density at radius 1 is 0.765 bits per heavy atom. The largest absolute Gasteiger partial charge is 0.360 e. The van der Waals surface area contributed by atoms with Crippen LogP contribution in [0.5, 0.6) is 0 Å². The van der Waals surface area contributed by atoms with Gasteiger partial charge in [0.1, 0.15) is 0 Å². The zero-order valence-corrected chi connectivity index (χ0v) is 9.03. The lowest BCUT2D eigenvalue weighted by atomic mass is 10.2. The minimum Gasteiger partial charge on any atom is -0.360 e. The summed E-state index contributed by atoms with van der Waals surface area (Å²) in [6.45, 7) is 0. The monoisotopic (exact) mass is 225 g/mol. The number of hydrogen-bond donors (Lipinski definition) is 3. The van der Waals surface area contributed by atoms with Gasteiger partial charge in [-0.25, -0.2) is 0 Å². The standard InChI is InChI=1S/C13H11N3O/c17-9-7-12(10-3-1-5-14-10)16-13(8-9)11-4-2-6-15-11/h1-8,14-15H,(H,16,17). The molecule has 0 spiro atoms. The van der Waals surface area contributed by atoms with Gasteiger partial charge in [-0.1, -0.05) is 0 Å². The maximum Gasteiger partial charge on any atom is 0.182 e. The summed E-state index contributed by atoms with van der Waals surface area (Å²) in [6.07, 6.45) is 3.66. The summed E-state index contributed by atoms with van der Waals surface area (Å²) in [5, 5.41) is 0. The molecule has 0 aromatic carbocycles. The molecule has 0 radical (unpaired) electrons. The molecule has 3 aromatic heterocycles. The van der Waals surface area contributed by atoms with Gasteiger partial charge >= 0.3 is 0 Å². The third-order valence-corrected chi connectivity index (χ3v) is 2.62. The van der Waals surface area contributed by atoms with Gasteiger partial charge in [0.25, 0.3) is 0 Å². The molecule has 0 atom stereocenters.